The van der Waals surface area contributed by atoms with Crippen molar-refractivity contribution in [3.05, 3.63) is 65.7 Å². The number of fused-ring (bicyclic) bond motifs is 3. The highest BCUT2D eigenvalue weighted by molar-refractivity contribution is 6.24. The zero-order valence-electron chi connectivity index (χ0n) is 14.2. The minimum absolute atomic E-state index is 0.0382. The van der Waals surface area contributed by atoms with Crippen LogP contribution in [0.1, 0.15) is 11.1 Å². The fourth-order valence-electron chi connectivity index (χ4n) is 2.75. The van der Waals surface area contributed by atoms with Crippen LogP contribution < -0.4 is 15.6 Å². The van der Waals surface area contributed by atoms with Crippen LogP contribution in [0.4, 0.5) is 4.79 Å². The van der Waals surface area contributed by atoms with Crippen LogP contribution in [-0.2, 0) is 9.53 Å². The summed E-state index contributed by atoms with van der Waals surface area (Å²) in [5, 5.41) is 12.8. The maximum atomic E-state index is 11.1. The van der Waals surface area contributed by atoms with Gasteiger partial charge in [-0.1, -0.05) is 29.4 Å². The van der Waals surface area contributed by atoms with Gasteiger partial charge in [-0.2, -0.15) is 0 Å². The Morgan fingerprint density at radius 2 is 1.78 bits per heavy atom. The van der Waals surface area contributed by atoms with Gasteiger partial charge >= 0.3 is 6.09 Å². The molecule has 2 amide bonds. The molecule has 3 N–H and O–H groups in total. The van der Waals surface area contributed by atoms with Gasteiger partial charge < -0.3 is 14.7 Å². The molecule has 0 atom stereocenters. The van der Waals surface area contributed by atoms with Gasteiger partial charge in [0, 0.05) is 11.1 Å². The topological polar surface area (TPSA) is 109 Å². The molecule has 8 nitrogen and oxygen atoms in total. The third kappa shape index (κ3) is 4.06. The summed E-state index contributed by atoms with van der Waals surface area (Å²) in [6.07, 6.45) is 2.88. The molecule has 0 radical (unpaired) electrons. The van der Waals surface area contributed by atoms with Crippen molar-refractivity contribution in [1.29, 1.82) is 0 Å². The van der Waals surface area contributed by atoms with Gasteiger partial charge in [-0.05, 0) is 41.5 Å². The van der Waals surface area contributed by atoms with Crippen LogP contribution in [0.2, 0.25) is 0 Å². The lowest BCUT2D eigenvalue weighted by molar-refractivity contribution is -0.110. The van der Waals surface area contributed by atoms with Crippen molar-refractivity contribution in [3.63, 3.8) is 0 Å². The van der Waals surface area contributed by atoms with Crippen LogP contribution >= 0.6 is 0 Å². The zero-order chi connectivity index (χ0) is 19.1. The fraction of sp³-hybridized carbons (Fsp3) is 0.105. The first kappa shape index (κ1) is 18.0. The number of hydrogen-bond acceptors (Lipinski definition) is 6. The minimum Gasteiger partial charge on any atom is -0.490 e. The lowest BCUT2D eigenvalue weighted by Crippen LogP contribution is -2.36. The Bertz CT molecular complexity index is 908. The Labute approximate surface area is 155 Å². The number of benzene rings is 2. The third-order valence-electron chi connectivity index (χ3n) is 3.88. The maximum absolute atomic E-state index is 11.1. The Morgan fingerprint density at radius 1 is 1.04 bits per heavy atom. The first-order valence-electron chi connectivity index (χ1n) is 8.10. The predicted molar refractivity (Wildman–Crippen MR) is 97.6 cm³/mol. The van der Waals surface area contributed by atoms with Gasteiger partial charge in [0.15, 0.2) is 0 Å². The number of nitrogens with zero attached hydrogens (tertiary/aromatic N) is 1. The number of amides is 2. The standard InChI is InChI=1S/C19H17N3O5/c23-12-20-21-19(24)27-10-4-3-9-26-13-7-8-15-14-5-1-2-6-16(14)18(22-25)17(15)11-13/h1-8,11-12,25H,9-10H2,(H,20,23)(H,21,24)/b4-3-,22-18-. The molecule has 2 aromatic carbocycles. The fourth-order valence-corrected chi connectivity index (χ4v) is 2.75. The zero-order valence-corrected chi connectivity index (χ0v) is 14.2. The van der Waals surface area contributed by atoms with Crippen LogP contribution in [0.5, 0.6) is 5.75 Å². The molecule has 0 unspecified atom stereocenters. The Morgan fingerprint density at radius 3 is 2.56 bits per heavy atom. The number of oxime groups is 1. The second kappa shape index (κ2) is 8.52. The van der Waals surface area contributed by atoms with Gasteiger partial charge in [0.1, 0.15) is 24.7 Å². The number of ether oxygens (including phenoxy) is 2. The number of hydrogen-bond donors (Lipinski definition) is 3. The molecule has 138 valence electrons. The van der Waals surface area contributed by atoms with Gasteiger partial charge in [0.2, 0.25) is 6.41 Å². The summed E-state index contributed by atoms with van der Waals surface area (Å²) in [5.74, 6) is 0.626. The third-order valence-corrected chi connectivity index (χ3v) is 3.88. The predicted octanol–water partition coefficient (Wildman–Crippen LogP) is 2.22. The van der Waals surface area contributed by atoms with Crippen molar-refractivity contribution in [2.24, 2.45) is 5.16 Å². The quantitative estimate of drug-likeness (QED) is 0.257. The molecule has 0 spiro atoms. The highest BCUT2D eigenvalue weighted by atomic mass is 16.6. The molecule has 3 rings (SSSR count). The maximum Gasteiger partial charge on any atom is 0.426 e. The largest absolute Gasteiger partial charge is 0.490 e. The molecule has 1 aliphatic carbocycles. The van der Waals surface area contributed by atoms with E-state index < -0.39 is 6.09 Å². The second-order valence-electron chi connectivity index (χ2n) is 5.47. The minimum atomic E-state index is -0.762. The van der Waals surface area contributed by atoms with Gasteiger partial charge in [0.05, 0.1) is 0 Å². The van der Waals surface area contributed by atoms with Gasteiger partial charge in [-0.3, -0.25) is 10.2 Å². The van der Waals surface area contributed by atoms with E-state index in [-0.39, 0.29) is 13.2 Å². The number of carbonyl (C=O) groups is 2. The number of rotatable bonds is 7. The molecular formula is C19H17N3O5. The van der Waals surface area contributed by atoms with Gasteiger partial charge in [-0.25, -0.2) is 10.2 Å². The van der Waals surface area contributed by atoms with Crippen LogP contribution in [0.25, 0.3) is 11.1 Å². The number of carbonyl (C=O) groups excluding carboxylic acids is 2. The van der Waals surface area contributed by atoms with Crippen LogP contribution in [0.3, 0.4) is 0 Å². The van der Waals surface area contributed by atoms with E-state index in [2.05, 4.69) is 5.16 Å². The summed E-state index contributed by atoms with van der Waals surface area (Å²) in [6.45, 7) is 0.311. The normalized spacial score (nSPS) is 13.1. The molecule has 8 heteroatoms. The Balaban J connectivity index is 1.56. The van der Waals surface area contributed by atoms with Crippen molar-refractivity contribution in [2.45, 2.75) is 0 Å². The average Bonchev–Trinajstić information content (AvgIpc) is 3.01. The number of hydrazine groups is 1. The molecule has 2 aromatic rings. The highest BCUT2D eigenvalue weighted by Crippen LogP contribution is 2.38. The van der Waals surface area contributed by atoms with Crippen LogP contribution in [0.15, 0.2) is 59.8 Å². The molecule has 0 fully saturated rings. The van der Waals surface area contributed by atoms with Crippen molar-refractivity contribution in [3.8, 4) is 16.9 Å². The lowest BCUT2D eigenvalue weighted by atomic mass is 10.1. The van der Waals surface area contributed by atoms with E-state index in [9.17, 15) is 14.8 Å². The summed E-state index contributed by atoms with van der Waals surface area (Å²) in [5.41, 5.74) is 8.21. The monoisotopic (exact) mass is 367 g/mol. The van der Waals surface area contributed by atoms with E-state index in [0.717, 1.165) is 22.3 Å². The van der Waals surface area contributed by atoms with Crippen molar-refractivity contribution in [2.75, 3.05) is 13.2 Å². The molecule has 0 heterocycles. The molecule has 0 saturated carbocycles. The molecule has 0 bridgehead atoms. The van der Waals surface area contributed by atoms with E-state index in [1.807, 2.05) is 53.3 Å². The number of nitrogens with one attached hydrogen (secondary N) is 2. The van der Waals surface area contributed by atoms with Crippen molar-refractivity contribution < 1.29 is 24.3 Å². The van der Waals surface area contributed by atoms with E-state index in [4.69, 9.17) is 9.47 Å². The highest BCUT2D eigenvalue weighted by Gasteiger charge is 2.25. The van der Waals surface area contributed by atoms with Crippen LogP contribution in [-0.4, -0.2) is 36.6 Å². The SMILES string of the molecule is O=CNNC(=O)OC/C=C\COc1ccc2c(c1)/C(=N\O)c1ccccc1-2. The van der Waals surface area contributed by atoms with Crippen molar-refractivity contribution >= 4 is 18.2 Å². The van der Waals surface area contributed by atoms with Gasteiger partial charge in [-0.15, -0.1) is 0 Å². The Hall–Kier alpha value is -3.81. The van der Waals surface area contributed by atoms with E-state index >= 15 is 0 Å². The average molecular weight is 367 g/mol. The molecule has 0 aromatic heterocycles. The molecule has 0 saturated heterocycles. The summed E-state index contributed by atoms with van der Waals surface area (Å²) in [7, 11) is 0. The van der Waals surface area contributed by atoms with Crippen LogP contribution in [0, 0.1) is 0 Å². The second-order valence-corrected chi connectivity index (χ2v) is 5.47. The summed E-state index contributed by atoms with van der Waals surface area (Å²) >= 11 is 0. The van der Waals surface area contributed by atoms with Crippen molar-refractivity contribution in [1.82, 2.24) is 10.9 Å². The summed E-state index contributed by atoms with van der Waals surface area (Å²) in [6, 6.07) is 13.3. The van der Waals surface area contributed by atoms with E-state index in [1.165, 1.54) is 0 Å². The molecule has 1 aliphatic rings. The molecule has 27 heavy (non-hydrogen) atoms. The van der Waals surface area contributed by atoms with E-state index in [0.29, 0.717) is 17.9 Å². The van der Waals surface area contributed by atoms with E-state index in [1.54, 1.807) is 12.2 Å². The Kier molecular flexibility index (Phi) is 5.68. The summed E-state index contributed by atoms with van der Waals surface area (Å²) < 4.78 is 10.4. The summed E-state index contributed by atoms with van der Waals surface area (Å²) in [4.78, 5) is 21.1. The smallest absolute Gasteiger partial charge is 0.426 e. The van der Waals surface area contributed by atoms with Gasteiger partial charge in [0.25, 0.3) is 0 Å². The lowest BCUT2D eigenvalue weighted by Gasteiger charge is -2.06. The first-order valence-corrected chi connectivity index (χ1v) is 8.10. The molecule has 0 aliphatic heterocycles. The first-order chi connectivity index (χ1) is 13.2. The molecular weight excluding hydrogens is 350 g/mol.